The highest BCUT2D eigenvalue weighted by atomic mass is 16.6. The van der Waals surface area contributed by atoms with Gasteiger partial charge in [-0.15, -0.1) is 0 Å². The monoisotopic (exact) mass is 400 g/mol. The number of hydrogen-bond acceptors (Lipinski definition) is 7. The third-order valence-electron chi connectivity index (χ3n) is 4.16. The lowest BCUT2D eigenvalue weighted by Gasteiger charge is -2.16. The van der Waals surface area contributed by atoms with Crippen LogP contribution in [0.5, 0.6) is 0 Å². The maximum atomic E-state index is 12.2. The minimum absolute atomic E-state index is 0.0131. The van der Waals surface area contributed by atoms with Crippen LogP contribution in [-0.4, -0.2) is 42.5 Å². The molecule has 0 aliphatic carbocycles. The van der Waals surface area contributed by atoms with Gasteiger partial charge in [-0.25, -0.2) is 9.59 Å². The fraction of sp³-hybridized carbons (Fsp3) is 0.250. The van der Waals surface area contributed by atoms with Crippen LogP contribution in [0.15, 0.2) is 48.5 Å². The van der Waals surface area contributed by atoms with Crippen molar-refractivity contribution >= 4 is 23.5 Å². The summed E-state index contributed by atoms with van der Waals surface area (Å²) in [5, 5.41) is 13.4. The minimum atomic E-state index is -0.951. The van der Waals surface area contributed by atoms with E-state index in [4.69, 9.17) is 9.47 Å². The van der Waals surface area contributed by atoms with Gasteiger partial charge in [0, 0.05) is 18.1 Å². The molecule has 0 aliphatic rings. The molecule has 0 saturated carbocycles. The maximum absolute atomic E-state index is 12.2. The first-order chi connectivity index (χ1) is 13.8. The van der Waals surface area contributed by atoms with E-state index in [0.717, 1.165) is 5.56 Å². The molecule has 1 atom stereocenters. The molecule has 0 saturated heterocycles. The highest BCUT2D eigenvalue weighted by Crippen LogP contribution is 2.21. The average Bonchev–Trinajstić information content (AvgIpc) is 2.71. The van der Waals surface area contributed by atoms with E-state index >= 15 is 0 Å². The number of methoxy groups -OCH3 is 1. The van der Waals surface area contributed by atoms with Crippen molar-refractivity contribution in [1.82, 2.24) is 5.32 Å². The van der Waals surface area contributed by atoms with Crippen LogP contribution in [0.3, 0.4) is 0 Å². The lowest BCUT2D eigenvalue weighted by Crippen LogP contribution is -2.44. The van der Waals surface area contributed by atoms with E-state index in [0.29, 0.717) is 0 Å². The number of hydrogen-bond donors (Lipinski definition) is 1. The van der Waals surface area contributed by atoms with E-state index in [1.165, 1.54) is 32.2 Å². The molecule has 0 bridgehead atoms. The van der Waals surface area contributed by atoms with Crippen LogP contribution in [0.25, 0.3) is 0 Å². The number of esters is 2. The van der Waals surface area contributed by atoms with Crippen molar-refractivity contribution in [2.45, 2.75) is 19.4 Å². The largest absolute Gasteiger partial charge is 0.467 e. The molecule has 0 unspecified atom stereocenters. The van der Waals surface area contributed by atoms with Gasteiger partial charge in [-0.05, 0) is 18.6 Å². The molecule has 2 aromatic carbocycles. The molecule has 0 fully saturated rings. The van der Waals surface area contributed by atoms with E-state index in [1.54, 1.807) is 24.3 Å². The number of nitro benzene ring substituents is 1. The Balaban J connectivity index is 2.00. The molecule has 1 N–H and O–H groups in total. The van der Waals surface area contributed by atoms with Crippen LogP contribution in [0, 0.1) is 17.0 Å². The zero-order valence-corrected chi connectivity index (χ0v) is 15.9. The number of amides is 1. The number of ether oxygens (including phenoxy) is 2. The van der Waals surface area contributed by atoms with Crippen LogP contribution in [0.2, 0.25) is 0 Å². The topological polar surface area (TPSA) is 125 Å². The molecular formula is C20H20N2O7. The van der Waals surface area contributed by atoms with Gasteiger partial charge >= 0.3 is 11.9 Å². The second-order valence-electron chi connectivity index (χ2n) is 6.12. The molecule has 0 spiro atoms. The third kappa shape index (κ3) is 5.86. The van der Waals surface area contributed by atoms with Gasteiger partial charge in [0.25, 0.3) is 11.6 Å². The van der Waals surface area contributed by atoms with E-state index in [1.807, 2.05) is 6.07 Å². The van der Waals surface area contributed by atoms with Crippen LogP contribution in [0.4, 0.5) is 5.69 Å². The standard InChI is InChI=1S/C20H20N2O7/c1-13-15(9-6-10-17(13)22(26)27)19(24)29-12-18(23)21-16(20(25)28-2)11-14-7-4-3-5-8-14/h3-10,16H,11-12H2,1-2H3,(H,21,23)/t16-/m0/s1. The number of nitro groups is 1. The Labute approximate surface area is 166 Å². The van der Waals surface area contributed by atoms with Crippen LogP contribution in [0.1, 0.15) is 21.5 Å². The lowest BCUT2D eigenvalue weighted by atomic mass is 10.1. The number of rotatable bonds is 8. The summed E-state index contributed by atoms with van der Waals surface area (Å²) in [5.41, 5.74) is 0.713. The van der Waals surface area contributed by atoms with E-state index in [-0.39, 0.29) is 23.2 Å². The third-order valence-corrected chi connectivity index (χ3v) is 4.16. The lowest BCUT2D eigenvalue weighted by molar-refractivity contribution is -0.385. The molecule has 2 aromatic rings. The molecule has 2 rings (SSSR count). The molecule has 9 heteroatoms. The first-order valence-corrected chi connectivity index (χ1v) is 8.65. The van der Waals surface area contributed by atoms with Crippen LogP contribution < -0.4 is 5.32 Å². The average molecular weight is 400 g/mol. The Morgan fingerprint density at radius 2 is 1.79 bits per heavy atom. The Bertz CT molecular complexity index is 912. The van der Waals surface area contributed by atoms with E-state index in [2.05, 4.69) is 5.32 Å². The number of benzene rings is 2. The van der Waals surface area contributed by atoms with Crippen molar-refractivity contribution in [3.8, 4) is 0 Å². The zero-order valence-electron chi connectivity index (χ0n) is 15.9. The molecule has 0 aromatic heterocycles. The zero-order chi connectivity index (χ0) is 21.4. The molecule has 1 amide bonds. The predicted molar refractivity (Wildman–Crippen MR) is 102 cm³/mol. The van der Waals surface area contributed by atoms with Crippen molar-refractivity contribution in [1.29, 1.82) is 0 Å². The molecule has 0 radical (unpaired) electrons. The second kappa shape index (κ2) is 9.98. The Morgan fingerprint density at radius 3 is 2.41 bits per heavy atom. The number of nitrogens with zero attached hydrogens (tertiary/aromatic N) is 1. The molecule has 9 nitrogen and oxygen atoms in total. The summed E-state index contributed by atoms with van der Waals surface area (Å²) in [7, 11) is 1.21. The Kier molecular flexibility index (Phi) is 7.41. The summed E-state index contributed by atoms with van der Waals surface area (Å²) >= 11 is 0. The number of carbonyl (C=O) groups excluding carboxylic acids is 3. The van der Waals surface area contributed by atoms with Gasteiger partial charge in [0.15, 0.2) is 6.61 Å². The van der Waals surface area contributed by atoms with Gasteiger partial charge in [0.2, 0.25) is 0 Å². The molecule has 0 heterocycles. The first kappa shape index (κ1) is 21.5. The maximum Gasteiger partial charge on any atom is 0.339 e. The highest BCUT2D eigenvalue weighted by Gasteiger charge is 2.24. The fourth-order valence-electron chi connectivity index (χ4n) is 2.67. The van der Waals surface area contributed by atoms with Crippen LogP contribution >= 0.6 is 0 Å². The second-order valence-corrected chi connectivity index (χ2v) is 6.12. The van der Waals surface area contributed by atoms with Crippen molar-refractivity contribution in [2.24, 2.45) is 0 Å². The summed E-state index contributed by atoms with van der Waals surface area (Å²) < 4.78 is 9.65. The van der Waals surface area contributed by atoms with Crippen LogP contribution in [-0.2, 0) is 25.5 Å². The highest BCUT2D eigenvalue weighted by molar-refractivity contribution is 5.94. The van der Waals surface area contributed by atoms with Crippen molar-refractivity contribution in [3.63, 3.8) is 0 Å². The van der Waals surface area contributed by atoms with Gasteiger partial charge in [-0.2, -0.15) is 0 Å². The van der Waals surface area contributed by atoms with Gasteiger partial charge < -0.3 is 14.8 Å². The number of carbonyl (C=O) groups is 3. The van der Waals surface area contributed by atoms with E-state index in [9.17, 15) is 24.5 Å². The quantitative estimate of drug-likeness (QED) is 0.408. The summed E-state index contributed by atoms with van der Waals surface area (Å²) in [5.74, 6) is -2.21. The number of nitrogens with one attached hydrogen (secondary N) is 1. The normalized spacial score (nSPS) is 11.2. The predicted octanol–water partition coefficient (Wildman–Crippen LogP) is 1.96. The SMILES string of the molecule is COC(=O)[C@H](Cc1ccccc1)NC(=O)COC(=O)c1cccc([N+](=O)[O-])c1C. The molecule has 29 heavy (non-hydrogen) atoms. The van der Waals surface area contributed by atoms with Gasteiger partial charge in [0.05, 0.1) is 17.6 Å². The van der Waals surface area contributed by atoms with Crippen molar-refractivity contribution in [2.75, 3.05) is 13.7 Å². The minimum Gasteiger partial charge on any atom is -0.467 e. The fourth-order valence-corrected chi connectivity index (χ4v) is 2.67. The summed E-state index contributed by atoms with van der Waals surface area (Å²) in [6.07, 6.45) is 0.206. The molecular weight excluding hydrogens is 380 g/mol. The smallest absolute Gasteiger partial charge is 0.339 e. The van der Waals surface area contributed by atoms with Crippen molar-refractivity contribution in [3.05, 3.63) is 75.3 Å². The first-order valence-electron chi connectivity index (χ1n) is 8.65. The van der Waals surface area contributed by atoms with Gasteiger partial charge in [-0.3, -0.25) is 14.9 Å². The summed E-state index contributed by atoms with van der Waals surface area (Å²) in [6, 6.07) is 12.1. The molecule has 0 aliphatic heterocycles. The summed E-state index contributed by atoms with van der Waals surface area (Å²) in [4.78, 5) is 46.7. The van der Waals surface area contributed by atoms with Gasteiger partial charge in [0.1, 0.15) is 6.04 Å². The summed E-state index contributed by atoms with van der Waals surface area (Å²) in [6.45, 7) is 0.769. The molecule has 152 valence electrons. The van der Waals surface area contributed by atoms with Crippen molar-refractivity contribution < 1.29 is 28.8 Å². The van der Waals surface area contributed by atoms with Gasteiger partial charge in [-0.1, -0.05) is 36.4 Å². The van der Waals surface area contributed by atoms with E-state index < -0.39 is 35.4 Å². The Morgan fingerprint density at radius 1 is 1.10 bits per heavy atom. The Hall–Kier alpha value is -3.75.